The molecule has 2 aromatic rings. The van der Waals surface area contributed by atoms with Crippen LogP contribution in [0, 0.1) is 6.92 Å². The van der Waals surface area contributed by atoms with Gasteiger partial charge in [-0.3, -0.25) is 0 Å². The Labute approximate surface area is 123 Å². The van der Waals surface area contributed by atoms with E-state index < -0.39 is 0 Å². The molecular weight excluding hydrogens is 278 g/mol. The third-order valence-electron chi connectivity index (χ3n) is 3.10. The summed E-state index contributed by atoms with van der Waals surface area (Å²) in [7, 11) is 0. The smallest absolute Gasteiger partial charge is 0.160 e. The normalized spacial score (nSPS) is 11.3. The molecule has 0 radical (unpaired) electrons. The number of thioether (sulfide) groups is 1. The van der Waals surface area contributed by atoms with Gasteiger partial charge in [-0.25, -0.2) is 9.97 Å². The predicted molar refractivity (Wildman–Crippen MR) is 84.3 cm³/mol. The fourth-order valence-corrected chi connectivity index (χ4v) is 2.85. The lowest BCUT2D eigenvalue weighted by atomic mass is 10.3. The third kappa shape index (κ3) is 3.63. The summed E-state index contributed by atoms with van der Waals surface area (Å²) in [5.74, 6) is 2.88. The molecule has 3 nitrogen and oxygen atoms in total. The number of halogens is 1. The minimum atomic E-state index is 0.604. The molecule has 0 aliphatic heterocycles. The average molecular weight is 298 g/mol. The molecule has 0 aromatic carbocycles. The van der Waals surface area contributed by atoms with Crippen LogP contribution in [0.3, 0.4) is 0 Å². The number of imidazole rings is 1. The summed E-state index contributed by atoms with van der Waals surface area (Å²) in [6.07, 6.45) is 7.26. The molecule has 0 unspecified atom stereocenters. The van der Waals surface area contributed by atoms with Crippen molar-refractivity contribution in [3.05, 3.63) is 23.7 Å². The van der Waals surface area contributed by atoms with Crippen molar-refractivity contribution in [2.75, 3.05) is 17.9 Å². The SMILES string of the molecule is CSCCCCn1c(CCCl)nc2cc(C)cnc21. The highest BCUT2D eigenvalue weighted by molar-refractivity contribution is 7.98. The van der Waals surface area contributed by atoms with E-state index in [1.54, 1.807) is 0 Å². The first-order valence-electron chi connectivity index (χ1n) is 6.63. The molecule has 0 N–H and O–H groups in total. The maximum atomic E-state index is 5.87. The van der Waals surface area contributed by atoms with Crippen molar-refractivity contribution in [1.29, 1.82) is 0 Å². The largest absolute Gasteiger partial charge is 0.313 e. The molecule has 19 heavy (non-hydrogen) atoms. The summed E-state index contributed by atoms with van der Waals surface area (Å²) in [5.41, 5.74) is 3.14. The standard InChI is InChI=1S/C14H20ClN3S/c1-11-9-12-14(16-10-11)18(7-3-4-8-19-2)13(17-12)5-6-15/h9-10H,3-8H2,1-2H3. The van der Waals surface area contributed by atoms with Gasteiger partial charge in [0, 0.05) is 25.0 Å². The van der Waals surface area contributed by atoms with Gasteiger partial charge < -0.3 is 4.57 Å². The summed E-state index contributed by atoms with van der Waals surface area (Å²) >= 11 is 7.77. The first-order valence-corrected chi connectivity index (χ1v) is 8.55. The van der Waals surface area contributed by atoms with Crippen LogP contribution in [0.15, 0.2) is 12.3 Å². The van der Waals surface area contributed by atoms with E-state index in [-0.39, 0.29) is 0 Å². The van der Waals surface area contributed by atoms with Crippen molar-refractivity contribution in [2.24, 2.45) is 0 Å². The number of alkyl halides is 1. The zero-order valence-corrected chi connectivity index (χ0v) is 13.1. The second-order valence-corrected chi connectivity index (χ2v) is 6.04. The van der Waals surface area contributed by atoms with Crippen LogP contribution >= 0.6 is 23.4 Å². The Morgan fingerprint density at radius 2 is 2.21 bits per heavy atom. The van der Waals surface area contributed by atoms with Gasteiger partial charge in [-0.2, -0.15) is 11.8 Å². The van der Waals surface area contributed by atoms with Crippen molar-refractivity contribution in [3.63, 3.8) is 0 Å². The van der Waals surface area contributed by atoms with Crippen molar-refractivity contribution >= 4 is 34.5 Å². The Kier molecular flexibility index (Phi) is 5.52. The van der Waals surface area contributed by atoms with Crippen molar-refractivity contribution in [2.45, 2.75) is 32.7 Å². The van der Waals surface area contributed by atoms with Gasteiger partial charge in [0.05, 0.1) is 0 Å². The maximum absolute atomic E-state index is 5.87. The van der Waals surface area contributed by atoms with E-state index in [2.05, 4.69) is 26.9 Å². The highest BCUT2D eigenvalue weighted by Gasteiger charge is 2.11. The molecular formula is C14H20ClN3S. The van der Waals surface area contributed by atoms with E-state index in [9.17, 15) is 0 Å². The van der Waals surface area contributed by atoms with Crippen LogP contribution in [0.5, 0.6) is 0 Å². The fourth-order valence-electron chi connectivity index (χ4n) is 2.19. The Bertz CT molecular complexity index is 539. The summed E-state index contributed by atoms with van der Waals surface area (Å²) in [4.78, 5) is 9.21. The summed E-state index contributed by atoms with van der Waals surface area (Å²) in [6, 6.07) is 2.10. The van der Waals surface area contributed by atoms with Gasteiger partial charge in [-0.05, 0) is 43.4 Å². The van der Waals surface area contributed by atoms with Crippen molar-refractivity contribution in [3.8, 4) is 0 Å². The van der Waals surface area contributed by atoms with Gasteiger partial charge in [0.2, 0.25) is 0 Å². The first-order chi connectivity index (χ1) is 9.26. The number of hydrogen-bond acceptors (Lipinski definition) is 3. The van der Waals surface area contributed by atoms with Crippen LogP contribution in [0.2, 0.25) is 0 Å². The molecule has 2 heterocycles. The van der Waals surface area contributed by atoms with E-state index in [1.807, 2.05) is 24.9 Å². The van der Waals surface area contributed by atoms with Crippen LogP contribution in [-0.2, 0) is 13.0 Å². The number of nitrogens with zero attached hydrogens (tertiary/aromatic N) is 3. The molecule has 0 aliphatic carbocycles. The molecule has 0 spiro atoms. The van der Waals surface area contributed by atoms with Gasteiger partial charge in [0.25, 0.3) is 0 Å². The van der Waals surface area contributed by atoms with Gasteiger partial charge in [-0.1, -0.05) is 0 Å². The fraction of sp³-hybridized carbons (Fsp3) is 0.571. The topological polar surface area (TPSA) is 30.7 Å². The van der Waals surface area contributed by atoms with Crippen LogP contribution in [0.1, 0.15) is 24.2 Å². The Hall–Kier alpha value is -0.740. The molecule has 0 atom stereocenters. The maximum Gasteiger partial charge on any atom is 0.160 e. The van der Waals surface area contributed by atoms with E-state index >= 15 is 0 Å². The molecule has 2 aromatic heterocycles. The second-order valence-electron chi connectivity index (χ2n) is 4.67. The van der Waals surface area contributed by atoms with Crippen molar-refractivity contribution < 1.29 is 0 Å². The van der Waals surface area contributed by atoms with E-state index in [0.717, 1.165) is 41.9 Å². The van der Waals surface area contributed by atoms with E-state index in [4.69, 9.17) is 11.6 Å². The highest BCUT2D eigenvalue weighted by Crippen LogP contribution is 2.17. The van der Waals surface area contributed by atoms with Crippen LogP contribution in [0.4, 0.5) is 0 Å². The number of aryl methyl sites for hydroxylation is 3. The lowest BCUT2D eigenvalue weighted by Crippen LogP contribution is -2.06. The molecule has 5 heteroatoms. The molecule has 0 saturated carbocycles. The average Bonchev–Trinajstić information content (AvgIpc) is 2.72. The molecule has 0 amide bonds. The number of aromatic nitrogens is 3. The molecule has 0 fully saturated rings. The summed E-state index contributed by atoms with van der Waals surface area (Å²) in [6.45, 7) is 3.03. The zero-order valence-electron chi connectivity index (χ0n) is 11.5. The Morgan fingerprint density at radius 3 is 2.95 bits per heavy atom. The predicted octanol–water partition coefficient (Wildman–Crippen LogP) is 3.66. The summed E-state index contributed by atoms with van der Waals surface area (Å²) < 4.78 is 2.23. The van der Waals surface area contributed by atoms with Crippen LogP contribution in [0.25, 0.3) is 11.2 Å². The number of pyridine rings is 1. The molecule has 0 saturated heterocycles. The molecule has 0 bridgehead atoms. The minimum Gasteiger partial charge on any atom is -0.313 e. The molecule has 0 aliphatic rings. The van der Waals surface area contributed by atoms with Gasteiger partial charge in [0.1, 0.15) is 11.3 Å². The van der Waals surface area contributed by atoms with E-state index in [1.165, 1.54) is 12.2 Å². The molecule has 2 rings (SSSR count). The van der Waals surface area contributed by atoms with Gasteiger partial charge >= 0.3 is 0 Å². The zero-order chi connectivity index (χ0) is 13.7. The Morgan fingerprint density at radius 1 is 1.37 bits per heavy atom. The monoisotopic (exact) mass is 297 g/mol. The number of fused-ring (bicyclic) bond motifs is 1. The molecule has 104 valence electrons. The minimum absolute atomic E-state index is 0.604. The number of unbranched alkanes of at least 4 members (excludes halogenated alkanes) is 1. The lowest BCUT2D eigenvalue weighted by molar-refractivity contribution is 0.619. The van der Waals surface area contributed by atoms with Crippen LogP contribution < -0.4 is 0 Å². The number of hydrogen-bond donors (Lipinski definition) is 0. The van der Waals surface area contributed by atoms with Crippen molar-refractivity contribution in [1.82, 2.24) is 14.5 Å². The van der Waals surface area contributed by atoms with Gasteiger partial charge in [0.15, 0.2) is 5.65 Å². The lowest BCUT2D eigenvalue weighted by Gasteiger charge is -2.07. The highest BCUT2D eigenvalue weighted by atomic mass is 35.5. The summed E-state index contributed by atoms with van der Waals surface area (Å²) in [5, 5.41) is 0. The quantitative estimate of drug-likeness (QED) is 0.577. The van der Waals surface area contributed by atoms with Gasteiger partial charge in [-0.15, -0.1) is 11.6 Å². The van der Waals surface area contributed by atoms with Crippen LogP contribution in [-0.4, -0.2) is 32.4 Å². The third-order valence-corrected chi connectivity index (χ3v) is 3.98. The first kappa shape index (κ1) is 14.7. The van der Waals surface area contributed by atoms with E-state index in [0.29, 0.717) is 5.88 Å². The Balaban J connectivity index is 2.24. The second kappa shape index (κ2) is 7.15. The number of rotatable bonds is 7.